The van der Waals surface area contributed by atoms with E-state index in [2.05, 4.69) is 4.90 Å². The van der Waals surface area contributed by atoms with Crippen molar-refractivity contribution in [2.45, 2.75) is 57.4 Å². The average molecular weight is 210 g/mol. The predicted molar refractivity (Wildman–Crippen MR) is 64.8 cm³/mol. The second-order valence-electron chi connectivity index (χ2n) is 5.37. The largest absolute Gasteiger partial charge is 0.330 e. The van der Waals surface area contributed by atoms with E-state index >= 15 is 0 Å². The van der Waals surface area contributed by atoms with Crippen LogP contribution < -0.4 is 5.73 Å². The Morgan fingerprint density at radius 2 is 1.93 bits per heavy atom. The molecule has 0 aromatic heterocycles. The summed E-state index contributed by atoms with van der Waals surface area (Å²) >= 11 is 0. The zero-order valence-electron chi connectivity index (χ0n) is 9.96. The molecule has 0 spiro atoms. The van der Waals surface area contributed by atoms with E-state index in [1.165, 1.54) is 64.5 Å². The highest BCUT2D eigenvalue weighted by Crippen LogP contribution is 2.30. The number of hydrogen-bond donors (Lipinski definition) is 1. The SMILES string of the molecule is NCCCC1CCCCN1CC1CCC1. The standard InChI is InChI=1S/C13H26N2/c14-9-4-8-13-7-1-2-10-15(13)11-12-5-3-6-12/h12-13H,1-11,14H2. The van der Waals surface area contributed by atoms with E-state index in [4.69, 9.17) is 5.73 Å². The Morgan fingerprint density at radius 3 is 2.60 bits per heavy atom. The van der Waals surface area contributed by atoms with Gasteiger partial charge in [0.05, 0.1) is 0 Å². The maximum absolute atomic E-state index is 5.61. The van der Waals surface area contributed by atoms with Crippen LogP contribution >= 0.6 is 0 Å². The van der Waals surface area contributed by atoms with E-state index in [1.807, 2.05) is 0 Å². The van der Waals surface area contributed by atoms with Crippen molar-refractivity contribution in [1.82, 2.24) is 4.90 Å². The fraction of sp³-hybridized carbons (Fsp3) is 1.00. The van der Waals surface area contributed by atoms with Crippen LogP contribution in [0.3, 0.4) is 0 Å². The summed E-state index contributed by atoms with van der Waals surface area (Å²) in [6.07, 6.45) is 11.3. The molecule has 88 valence electrons. The highest BCUT2D eigenvalue weighted by Gasteiger charge is 2.26. The van der Waals surface area contributed by atoms with Gasteiger partial charge in [-0.15, -0.1) is 0 Å². The first-order chi connectivity index (χ1) is 7.40. The van der Waals surface area contributed by atoms with Crippen molar-refractivity contribution in [1.29, 1.82) is 0 Å². The van der Waals surface area contributed by atoms with E-state index < -0.39 is 0 Å². The van der Waals surface area contributed by atoms with Gasteiger partial charge >= 0.3 is 0 Å². The zero-order chi connectivity index (χ0) is 10.5. The molecule has 0 amide bonds. The average Bonchev–Trinajstić information content (AvgIpc) is 2.22. The van der Waals surface area contributed by atoms with Gasteiger partial charge in [-0.25, -0.2) is 0 Å². The van der Waals surface area contributed by atoms with Crippen molar-refractivity contribution in [3.63, 3.8) is 0 Å². The summed E-state index contributed by atoms with van der Waals surface area (Å²) in [7, 11) is 0. The fourth-order valence-electron chi connectivity index (χ4n) is 2.99. The van der Waals surface area contributed by atoms with E-state index in [1.54, 1.807) is 0 Å². The molecule has 1 saturated carbocycles. The monoisotopic (exact) mass is 210 g/mol. The number of hydrogen-bond acceptors (Lipinski definition) is 2. The first-order valence-electron chi connectivity index (χ1n) is 6.84. The summed E-state index contributed by atoms with van der Waals surface area (Å²) in [5.41, 5.74) is 5.61. The molecule has 1 aliphatic carbocycles. The van der Waals surface area contributed by atoms with Crippen LogP contribution in [0, 0.1) is 5.92 Å². The van der Waals surface area contributed by atoms with Crippen LogP contribution in [0.4, 0.5) is 0 Å². The van der Waals surface area contributed by atoms with Gasteiger partial charge in [0, 0.05) is 12.6 Å². The molecule has 2 N–H and O–H groups in total. The smallest absolute Gasteiger partial charge is 0.00958 e. The van der Waals surface area contributed by atoms with Crippen LogP contribution in [0.25, 0.3) is 0 Å². The van der Waals surface area contributed by atoms with Crippen molar-refractivity contribution in [2.75, 3.05) is 19.6 Å². The molecular weight excluding hydrogens is 184 g/mol. The number of piperidine rings is 1. The molecule has 1 atom stereocenters. The van der Waals surface area contributed by atoms with E-state index in [0.717, 1.165) is 18.5 Å². The molecule has 2 rings (SSSR count). The molecule has 2 heteroatoms. The van der Waals surface area contributed by atoms with Gasteiger partial charge in [-0.2, -0.15) is 0 Å². The quantitative estimate of drug-likeness (QED) is 0.755. The molecule has 0 bridgehead atoms. The molecule has 0 aromatic carbocycles. The lowest BCUT2D eigenvalue weighted by molar-refractivity contribution is 0.0947. The highest BCUT2D eigenvalue weighted by molar-refractivity contribution is 4.81. The first kappa shape index (κ1) is 11.4. The second-order valence-corrected chi connectivity index (χ2v) is 5.37. The van der Waals surface area contributed by atoms with E-state index in [-0.39, 0.29) is 0 Å². The van der Waals surface area contributed by atoms with Gasteiger partial charge in [-0.1, -0.05) is 12.8 Å². The maximum Gasteiger partial charge on any atom is 0.00958 e. The van der Waals surface area contributed by atoms with Crippen LogP contribution in [0.5, 0.6) is 0 Å². The van der Waals surface area contributed by atoms with Gasteiger partial charge in [0.25, 0.3) is 0 Å². The van der Waals surface area contributed by atoms with Crippen molar-refractivity contribution in [3.8, 4) is 0 Å². The Bertz CT molecular complexity index is 177. The van der Waals surface area contributed by atoms with E-state index in [9.17, 15) is 0 Å². The lowest BCUT2D eigenvalue weighted by atomic mass is 9.84. The van der Waals surface area contributed by atoms with Crippen LogP contribution in [-0.4, -0.2) is 30.6 Å². The molecule has 1 heterocycles. The Morgan fingerprint density at radius 1 is 1.07 bits per heavy atom. The van der Waals surface area contributed by atoms with Crippen molar-refractivity contribution < 1.29 is 0 Å². The van der Waals surface area contributed by atoms with Gasteiger partial charge in [0.15, 0.2) is 0 Å². The summed E-state index contributed by atoms with van der Waals surface area (Å²) in [5.74, 6) is 1.03. The van der Waals surface area contributed by atoms with Crippen LogP contribution in [0.1, 0.15) is 51.4 Å². The van der Waals surface area contributed by atoms with E-state index in [0.29, 0.717) is 0 Å². The van der Waals surface area contributed by atoms with Crippen molar-refractivity contribution in [2.24, 2.45) is 11.7 Å². The van der Waals surface area contributed by atoms with Crippen molar-refractivity contribution >= 4 is 0 Å². The molecule has 2 fully saturated rings. The lowest BCUT2D eigenvalue weighted by Crippen LogP contribution is -2.43. The van der Waals surface area contributed by atoms with Gasteiger partial charge in [0.1, 0.15) is 0 Å². The van der Waals surface area contributed by atoms with Gasteiger partial charge in [-0.3, -0.25) is 0 Å². The third-order valence-corrected chi connectivity index (χ3v) is 4.21. The number of nitrogens with two attached hydrogens (primary N) is 1. The fourth-order valence-corrected chi connectivity index (χ4v) is 2.99. The second kappa shape index (κ2) is 5.86. The normalized spacial score (nSPS) is 29.0. The number of nitrogens with zero attached hydrogens (tertiary/aromatic N) is 1. The third-order valence-electron chi connectivity index (χ3n) is 4.21. The Hall–Kier alpha value is -0.0800. The topological polar surface area (TPSA) is 29.3 Å². The van der Waals surface area contributed by atoms with Crippen molar-refractivity contribution in [3.05, 3.63) is 0 Å². The Kier molecular flexibility index (Phi) is 4.45. The first-order valence-corrected chi connectivity index (χ1v) is 6.84. The maximum atomic E-state index is 5.61. The molecule has 1 saturated heterocycles. The molecule has 2 nitrogen and oxygen atoms in total. The molecule has 2 aliphatic rings. The molecule has 1 unspecified atom stereocenters. The number of rotatable bonds is 5. The lowest BCUT2D eigenvalue weighted by Gasteiger charge is -2.40. The van der Waals surface area contributed by atoms with Gasteiger partial charge in [0.2, 0.25) is 0 Å². The van der Waals surface area contributed by atoms with Crippen LogP contribution in [-0.2, 0) is 0 Å². The molecule has 0 aromatic rings. The van der Waals surface area contributed by atoms with Gasteiger partial charge in [-0.05, 0) is 57.5 Å². The third kappa shape index (κ3) is 3.18. The highest BCUT2D eigenvalue weighted by atomic mass is 15.2. The minimum absolute atomic E-state index is 0.864. The summed E-state index contributed by atoms with van der Waals surface area (Å²) in [6.45, 7) is 3.61. The predicted octanol–water partition coefficient (Wildman–Crippen LogP) is 2.38. The summed E-state index contributed by atoms with van der Waals surface area (Å²) < 4.78 is 0. The molecular formula is C13H26N2. The summed E-state index contributed by atoms with van der Waals surface area (Å²) in [5, 5.41) is 0. The molecule has 1 aliphatic heterocycles. The number of likely N-dealkylation sites (tertiary alicyclic amines) is 1. The molecule has 0 radical (unpaired) electrons. The Balaban J connectivity index is 1.76. The van der Waals surface area contributed by atoms with Crippen LogP contribution in [0.2, 0.25) is 0 Å². The van der Waals surface area contributed by atoms with Gasteiger partial charge < -0.3 is 10.6 Å². The Labute approximate surface area is 94.2 Å². The summed E-state index contributed by atoms with van der Waals surface area (Å²) in [6, 6.07) is 0.864. The minimum atomic E-state index is 0.864. The zero-order valence-corrected chi connectivity index (χ0v) is 9.96. The molecule has 15 heavy (non-hydrogen) atoms. The minimum Gasteiger partial charge on any atom is -0.330 e. The summed E-state index contributed by atoms with van der Waals surface area (Å²) in [4.78, 5) is 2.77. The van der Waals surface area contributed by atoms with Crippen LogP contribution in [0.15, 0.2) is 0 Å².